The van der Waals surface area contributed by atoms with Crippen LogP contribution in [-0.2, 0) is 25.9 Å². The van der Waals surface area contributed by atoms with E-state index in [9.17, 15) is 4.79 Å². The van der Waals surface area contributed by atoms with Gasteiger partial charge in [-0.05, 0) is 44.9 Å². The normalized spacial score (nSPS) is 20.4. The molecule has 2 aromatic rings. The predicted molar refractivity (Wildman–Crippen MR) is 107 cm³/mol. The van der Waals surface area contributed by atoms with Crippen molar-refractivity contribution >= 4 is 5.91 Å². The highest BCUT2D eigenvalue weighted by molar-refractivity contribution is 5.94. The van der Waals surface area contributed by atoms with Crippen LogP contribution in [0, 0.1) is 0 Å². The van der Waals surface area contributed by atoms with Crippen molar-refractivity contribution in [2.45, 2.75) is 51.7 Å². The summed E-state index contributed by atoms with van der Waals surface area (Å²) >= 11 is 0. The van der Waals surface area contributed by atoms with Crippen LogP contribution in [0.15, 0.2) is 22.8 Å². The zero-order valence-corrected chi connectivity index (χ0v) is 17.0. The Balaban J connectivity index is 1.52. The average molecular weight is 386 g/mol. The summed E-state index contributed by atoms with van der Waals surface area (Å²) in [6, 6.07) is 4.25. The Labute approximate surface area is 166 Å². The van der Waals surface area contributed by atoms with E-state index in [0.29, 0.717) is 11.7 Å². The first-order chi connectivity index (χ1) is 13.7. The Morgan fingerprint density at radius 3 is 2.86 bits per heavy atom. The fraction of sp³-hybridized carbons (Fsp3) is 0.619. The summed E-state index contributed by atoms with van der Waals surface area (Å²) < 4.78 is 7.52. The number of likely N-dealkylation sites (N-methyl/N-ethyl adjacent to an activating group) is 1. The number of nitrogens with zero attached hydrogens (tertiary/aromatic N) is 4. The number of carbonyl (C=O) groups excluding carboxylic acids is 1. The van der Waals surface area contributed by atoms with Gasteiger partial charge in [-0.3, -0.25) is 9.48 Å². The van der Waals surface area contributed by atoms with Crippen molar-refractivity contribution in [1.82, 2.24) is 24.9 Å². The molecule has 1 amide bonds. The lowest BCUT2D eigenvalue weighted by atomic mass is 9.91. The van der Waals surface area contributed by atoms with Crippen LogP contribution in [0.4, 0.5) is 0 Å². The Bertz CT molecular complexity index is 790. The van der Waals surface area contributed by atoms with E-state index in [0.717, 1.165) is 76.3 Å². The Kier molecular flexibility index (Phi) is 5.82. The molecular weight excluding hydrogens is 354 g/mol. The van der Waals surface area contributed by atoms with Gasteiger partial charge in [0.2, 0.25) is 0 Å². The number of furan rings is 1. The molecule has 7 heteroatoms. The van der Waals surface area contributed by atoms with Crippen LogP contribution in [0.2, 0.25) is 0 Å². The van der Waals surface area contributed by atoms with Gasteiger partial charge in [-0.15, -0.1) is 0 Å². The molecular formula is C21H31N5O2. The molecule has 0 spiro atoms. The highest BCUT2D eigenvalue weighted by Gasteiger charge is 2.31. The van der Waals surface area contributed by atoms with Gasteiger partial charge in [-0.1, -0.05) is 6.92 Å². The topological polar surface area (TPSA) is 66.5 Å². The van der Waals surface area contributed by atoms with Crippen molar-refractivity contribution in [1.29, 1.82) is 0 Å². The number of aryl methyl sites for hydroxylation is 1. The fourth-order valence-electron chi connectivity index (χ4n) is 4.25. The number of aromatic nitrogens is 2. The van der Waals surface area contributed by atoms with Crippen LogP contribution in [0.25, 0.3) is 0 Å². The molecule has 1 aliphatic carbocycles. The summed E-state index contributed by atoms with van der Waals surface area (Å²) in [6.45, 7) is 7.18. The van der Waals surface area contributed by atoms with E-state index in [1.807, 2.05) is 17.0 Å². The zero-order chi connectivity index (χ0) is 19.5. The third-order valence-corrected chi connectivity index (χ3v) is 5.92. The lowest BCUT2D eigenvalue weighted by molar-refractivity contribution is 0.0656. The van der Waals surface area contributed by atoms with E-state index in [1.165, 1.54) is 5.69 Å². The molecule has 4 rings (SSSR count). The number of nitrogens with one attached hydrogen (secondary N) is 1. The van der Waals surface area contributed by atoms with Crippen LogP contribution >= 0.6 is 0 Å². The van der Waals surface area contributed by atoms with Gasteiger partial charge in [0.05, 0.1) is 12.8 Å². The van der Waals surface area contributed by atoms with Crippen molar-refractivity contribution in [3.63, 3.8) is 0 Å². The molecule has 2 aromatic heterocycles. The number of hydrogen-bond donors (Lipinski definition) is 1. The maximum Gasteiger partial charge on any atom is 0.274 e. The molecule has 152 valence electrons. The molecule has 0 unspecified atom stereocenters. The molecule has 0 radical (unpaired) electrons. The van der Waals surface area contributed by atoms with Crippen molar-refractivity contribution in [3.05, 3.63) is 41.1 Å². The van der Waals surface area contributed by atoms with Crippen molar-refractivity contribution in [3.8, 4) is 0 Å². The number of rotatable bonds is 6. The molecule has 1 saturated heterocycles. The molecule has 1 atom stereocenters. The lowest BCUT2D eigenvalue weighted by Gasteiger charge is -2.32. The number of amides is 1. The highest BCUT2D eigenvalue weighted by Crippen LogP contribution is 2.27. The van der Waals surface area contributed by atoms with Gasteiger partial charge in [0.25, 0.3) is 5.91 Å². The summed E-state index contributed by atoms with van der Waals surface area (Å²) in [6.07, 6.45) is 5.61. The molecule has 0 bridgehead atoms. The van der Waals surface area contributed by atoms with Gasteiger partial charge >= 0.3 is 0 Å². The monoisotopic (exact) mass is 385 g/mol. The largest absolute Gasteiger partial charge is 0.468 e. The van der Waals surface area contributed by atoms with Gasteiger partial charge in [-0.25, -0.2) is 0 Å². The first-order valence-corrected chi connectivity index (χ1v) is 10.5. The average Bonchev–Trinajstić information content (AvgIpc) is 3.35. The standard InChI is InChI=1S/C21H31N5O2/c1-3-8-26-19-7-6-16(22-15-17-5-4-13-28-17)14-18(19)20(23-26)21(27)25-11-9-24(2)10-12-25/h4-5,13,16,22H,3,6-12,14-15H2,1-2H3/t16-/m1/s1. The van der Waals surface area contributed by atoms with E-state index in [4.69, 9.17) is 9.52 Å². The summed E-state index contributed by atoms with van der Waals surface area (Å²) in [7, 11) is 2.11. The van der Waals surface area contributed by atoms with E-state index in [2.05, 4.69) is 28.9 Å². The molecule has 1 aliphatic heterocycles. The summed E-state index contributed by atoms with van der Waals surface area (Å²) in [4.78, 5) is 17.5. The van der Waals surface area contributed by atoms with Gasteiger partial charge in [0.15, 0.2) is 5.69 Å². The Morgan fingerprint density at radius 2 is 2.14 bits per heavy atom. The zero-order valence-electron chi connectivity index (χ0n) is 17.0. The fourth-order valence-corrected chi connectivity index (χ4v) is 4.25. The summed E-state index contributed by atoms with van der Waals surface area (Å²) in [5.74, 6) is 1.05. The number of fused-ring (bicyclic) bond motifs is 1. The molecule has 1 N–H and O–H groups in total. The maximum atomic E-state index is 13.2. The molecule has 7 nitrogen and oxygen atoms in total. The van der Waals surface area contributed by atoms with E-state index >= 15 is 0 Å². The second-order valence-corrected chi connectivity index (χ2v) is 7.99. The third kappa shape index (κ3) is 4.00. The third-order valence-electron chi connectivity index (χ3n) is 5.92. The number of carbonyl (C=O) groups is 1. The second kappa shape index (κ2) is 8.49. The first-order valence-electron chi connectivity index (χ1n) is 10.5. The summed E-state index contributed by atoms with van der Waals surface area (Å²) in [5, 5.41) is 8.38. The van der Waals surface area contributed by atoms with E-state index in [-0.39, 0.29) is 5.91 Å². The van der Waals surface area contributed by atoms with Crippen molar-refractivity contribution in [2.75, 3.05) is 33.2 Å². The van der Waals surface area contributed by atoms with Gasteiger partial charge in [0.1, 0.15) is 5.76 Å². The molecule has 0 aromatic carbocycles. The minimum atomic E-state index is 0.103. The first kappa shape index (κ1) is 19.2. The van der Waals surface area contributed by atoms with E-state index < -0.39 is 0 Å². The number of piperazine rings is 1. The maximum absolute atomic E-state index is 13.2. The van der Waals surface area contributed by atoms with Gasteiger partial charge in [-0.2, -0.15) is 5.10 Å². The second-order valence-electron chi connectivity index (χ2n) is 7.99. The highest BCUT2D eigenvalue weighted by atomic mass is 16.3. The van der Waals surface area contributed by atoms with Crippen molar-refractivity contribution in [2.24, 2.45) is 0 Å². The predicted octanol–water partition coefficient (Wildman–Crippen LogP) is 1.92. The summed E-state index contributed by atoms with van der Waals surface area (Å²) in [5.41, 5.74) is 3.09. The SMILES string of the molecule is CCCn1nc(C(=O)N2CCN(C)CC2)c2c1CC[C@@H](NCc1ccco1)C2. The van der Waals surface area contributed by atoms with Crippen molar-refractivity contribution < 1.29 is 9.21 Å². The molecule has 2 aliphatic rings. The lowest BCUT2D eigenvalue weighted by Crippen LogP contribution is -2.47. The Morgan fingerprint density at radius 1 is 1.32 bits per heavy atom. The van der Waals surface area contributed by atoms with Crippen LogP contribution < -0.4 is 5.32 Å². The van der Waals surface area contributed by atoms with Crippen LogP contribution in [-0.4, -0.2) is 64.8 Å². The smallest absolute Gasteiger partial charge is 0.274 e. The van der Waals surface area contributed by atoms with Gasteiger partial charge < -0.3 is 19.5 Å². The minimum absolute atomic E-state index is 0.103. The van der Waals surface area contributed by atoms with Crippen LogP contribution in [0.5, 0.6) is 0 Å². The van der Waals surface area contributed by atoms with E-state index in [1.54, 1.807) is 6.26 Å². The van der Waals surface area contributed by atoms with Gasteiger partial charge in [0, 0.05) is 50.0 Å². The van der Waals surface area contributed by atoms with Crippen LogP contribution in [0.3, 0.4) is 0 Å². The number of hydrogen-bond acceptors (Lipinski definition) is 5. The van der Waals surface area contributed by atoms with Crippen LogP contribution in [0.1, 0.15) is 47.3 Å². The molecule has 0 saturated carbocycles. The quantitative estimate of drug-likeness (QED) is 0.823. The minimum Gasteiger partial charge on any atom is -0.468 e. The Hall–Kier alpha value is -2.12. The molecule has 28 heavy (non-hydrogen) atoms. The molecule has 1 fully saturated rings. The molecule has 3 heterocycles.